The smallest absolute Gasteiger partial charge is 0.439 e. The minimum absolute atomic E-state index is 0.192. The van der Waals surface area contributed by atoms with Gasteiger partial charge in [-0.05, 0) is 44.4 Å². The number of nitrogens with zero attached hydrogens (tertiary/aromatic N) is 2. The number of aryl methyl sites for hydroxylation is 1. The van der Waals surface area contributed by atoms with Crippen LogP contribution in [-0.4, -0.2) is 27.8 Å². The Morgan fingerprint density at radius 1 is 1.06 bits per heavy atom. The van der Waals surface area contributed by atoms with E-state index in [-0.39, 0.29) is 17.6 Å². The van der Waals surface area contributed by atoms with Gasteiger partial charge in [-0.15, -0.1) is 0 Å². The van der Waals surface area contributed by atoms with Gasteiger partial charge in [-0.3, -0.25) is 4.79 Å². The molecule has 2 N–H and O–H groups in total. The first kappa shape index (κ1) is 22.3. The van der Waals surface area contributed by atoms with Crippen LogP contribution in [0.1, 0.15) is 34.1 Å². The van der Waals surface area contributed by atoms with Crippen LogP contribution in [0.15, 0.2) is 32.6 Å². The fraction of sp³-hybridized carbons (Fsp3) is 0.455. The van der Waals surface area contributed by atoms with E-state index in [9.17, 15) is 14.4 Å². The maximum atomic E-state index is 13.1. The Morgan fingerprint density at radius 2 is 1.77 bits per heavy atom. The fourth-order valence-corrected chi connectivity index (χ4v) is 3.51. The molecule has 3 aromatic rings. The lowest BCUT2D eigenvalue weighted by Crippen LogP contribution is -2.45. The summed E-state index contributed by atoms with van der Waals surface area (Å²) in [5.41, 5.74) is -0.357. The molecule has 166 valence electrons. The lowest BCUT2D eigenvalue weighted by Gasteiger charge is -2.13. The zero-order valence-corrected chi connectivity index (χ0v) is 18.6. The maximum Gasteiger partial charge on any atom is 0.439 e. The van der Waals surface area contributed by atoms with Gasteiger partial charge < -0.3 is 9.47 Å². The number of rotatable bonds is 8. The molecule has 1 aromatic carbocycles. The van der Waals surface area contributed by atoms with E-state index in [4.69, 9.17) is 9.47 Å². The normalized spacial score (nSPS) is 11.3. The van der Waals surface area contributed by atoms with Crippen LogP contribution >= 0.6 is 0 Å². The molecule has 0 bridgehead atoms. The van der Waals surface area contributed by atoms with Crippen molar-refractivity contribution in [3.8, 4) is 22.8 Å². The summed E-state index contributed by atoms with van der Waals surface area (Å²) in [6.45, 7) is 8.84. The van der Waals surface area contributed by atoms with Crippen molar-refractivity contribution < 1.29 is 14.5 Å². The molecule has 0 saturated carbocycles. The van der Waals surface area contributed by atoms with Crippen LogP contribution in [0.2, 0.25) is 0 Å². The first-order chi connectivity index (χ1) is 14.8. The molecule has 0 aliphatic rings. The highest BCUT2D eigenvalue weighted by molar-refractivity contribution is 5.88. The Labute approximate surface area is 179 Å². The van der Waals surface area contributed by atoms with E-state index >= 15 is 0 Å². The minimum atomic E-state index is -0.519. The van der Waals surface area contributed by atoms with Crippen molar-refractivity contribution in [2.24, 2.45) is 5.92 Å². The highest BCUT2D eigenvalue weighted by Crippen LogP contribution is 2.33. The second-order valence-corrected chi connectivity index (χ2v) is 7.65. The number of H-pyrrole nitrogens is 2. The van der Waals surface area contributed by atoms with Crippen LogP contribution in [0.3, 0.4) is 0 Å². The van der Waals surface area contributed by atoms with E-state index in [1.807, 2.05) is 0 Å². The molecule has 0 spiro atoms. The first-order valence-corrected chi connectivity index (χ1v) is 10.5. The second-order valence-electron chi connectivity index (χ2n) is 7.65. The summed E-state index contributed by atoms with van der Waals surface area (Å²) in [6, 6.07) is 5.23. The molecule has 0 fully saturated rings. The van der Waals surface area contributed by atoms with Gasteiger partial charge >= 0.3 is 11.4 Å². The largest absolute Gasteiger partial charge is 0.493 e. The summed E-state index contributed by atoms with van der Waals surface area (Å²) < 4.78 is 13.9. The summed E-state index contributed by atoms with van der Waals surface area (Å²) in [6.07, 6.45) is 0.905. The van der Waals surface area contributed by atoms with Gasteiger partial charge in [0.1, 0.15) is 5.69 Å². The monoisotopic (exact) mass is 429 g/mol. The van der Waals surface area contributed by atoms with Crippen LogP contribution < -0.4 is 31.4 Å². The van der Waals surface area contributed by atoms with E-state index in [0.717, 1.165) is 11.0 Å². The number of aromatic amines is 2. The van der Waals surface area contributed by atoms with Crippen LogP contribution in [0.4, 0.5) is 0 Å². The van der Waals surface area contributed by atoms with Crippen molar-refractivity contribution in [1.29, 1.82) is 0 Å². The molecule has 0 saturated heterocycles. The average molecular weight is 429 g/mol. The number of methoxy groups -OCH3 is 1. The highest BCUT2D eigenvalue weighted by Gasteiger charge is 2.23. The number of aromatic nitrogens is 4. The number of hydrogen-bond acceptors (Lipinski definition) is 5. The van der Waals surface area contributed by atoms with Crippen LogP contribution in [0.25, 0.3) is 22.3 Å². The number of benzene rings is 1. The summed E-state index contributed by atoms with van der Waals surface area (Å²) in [7, 11) is 1.53. The van der Waals surface area contributed by atoms with Gasteiger partial charge in [-0.1, -0.05) is 13.8 Å². The van der Waals surface area contributed by atoms with Gasteiger partial charge in [0.2, 0.25) is 5.65 Å². The number of fused-ring (bicyclic) bond motifs is 1. The third-order valence-electron chi connectivity index (χ3n) is 5.19. The topological polar surface area (TPSA) is 109 Å². The van der Waals surface area contributed by atoms with E-state index < -0.39 is 16.9 Å². The van der Waals surface area contributed by atoms with Gasteiger partial charge in [-0.25, -0.2) is 28.7 Å². The molecule has 0 aliphatic carbocycles. The first-order valence-electron chi connectivity index (χ1n) is 10.5. The van der Waals surface area contributed by atoms with E-state index in [0.29, 0.717) is 41.8 Å². The summed E-state index contributed by atoms with van der Waals surface area (Å²) in [5, 5.41) is 0.235. The SMILES string of the molecule is CCn1c(=O)c2c(-c3ccc(OCCC(C)C)c(OC)c3)[nH]c(=O)[nH+]c2n(CC)c1=O. The third-order valence-corrected chi connectivity index (χ3v) is 5.19. The van der Waals surface area contributed by atoms with Crippen molar-refractivity contribution in [1.82, 2.24) is 14.1 Å². The standard InChI is InChI=1S/C22H28N4O5/c1-6-25-19-17(20(27)26(7-2)22(25)29)18(23-21(28)24-19)14-8-9-15(16(12-14)30-5)31-11-10-13(3)4/h8-9,12-13H,6-7,10-11H2,1-5H3,(H,23,24,28)/p+1. The van der Waals surface area contributed by atoms with Crippen molar-refractivity contribution in [2.75, 3.05) is 13.7 Å². The van der Waals surface area contributed by atoms with Crippen LogP contribution in [0, 0.1) is 5.92 Å². The molecule has 2 aromatic heterocycles. The lowest BCUT2D eigenvalue weighted by atomic mass is 10.1. The molecule has 0 aliphatic heterocycles. The van der Waals surface area contributed by atoms with E-state index in [1.54, 1.807) is 32.0 Å². The van der Waals surface area contributed by atoms with Gasteiger partial charge in [0.05, 0.1) is 20.3 Å². The van der Waals surface area contributed by atoms with Crippen molar-refractivity contribution in [3.05, 3.63) is 49.5 Å². The Balaban J connectivity index is 2.24. The summed E-state index contributed by atoms with van der Waals surface area (Å²) in [4.78, 5) is 43.5. The molecule has 31 heavy (non-hydrogen) atoms. The molecule has 0 amide bonds. The van der Waals surface area contributed by atoms with Gasteiger partial charge in [0.15, 0.2) is 16.9 Å². The molecule has 9 nitrogen and oxygen atoms in total. The summed E-state index contributed by atoms with van der Waals surface area (Å²) >= 11 is 0. The molecular formula is C22H29N4O5+. The predicted octanol–water partition coefficient (Wildman–Crippen LogP) is 1.81. The molecule has 3 rings (SSSR count). The maximum absolute atomic E-state index is 13.1. The van der Waals surface area contributed by atoms with Gasteiger partial charge in [0.25, 0.3) is 5.56 Å². The van der Waals surface area contributed by atoms with Crippen molar-refractivity contribution >= 4 is 11.0 Å². The van der Waals surface area contributed by atoms with Crippen LogP contribution in [-0.2, 0) is 13.1 Å². The Hall–Kier alpha value is -3.36. The Morgan fingerprint density at radius 3 is 2.39 bits per heavy atom. The average Bonchev–Trinajstić information content (AvgIpc) is 2.73. The zero-order chi connectivity index (χ0) is 22.7. The van der Waals surface area contributed by atoms with Crippen LogP contribution in [0.5, 0.6) is 11.5 Å². The molecule has 2 heterocycles. The molecular weight excluding hydrogens is 400 g/mol. The second kappa shape index (κ2) is 9.20. The van der Waals surface area contributed by atoms with E-state index in [1.165, 1.54) is 11.7 Å². The highest BCUT2D eigenvalue weighted by atomic mass is 16.5. The molecule has 9 heteroatoms. The molecule has 0 atom stereocenters. The van der Waals surface area contributed by atoms with Gasteiger partial charge in [0, 0.05) is 12.1 Å². The number of hydrogen-bond donors (Lipinski definition) is 1. The van der Waals surface area contributed by atoms with Gasteiger partial charge in [-0.2, -0.15) is 0 Å². The zero-order valence-electron chi connectivity index (χ0n) is 18.6. The number of ether oxygens (including phenoxy) is 2. The quantitative estimate of drug-likeness (QED) is 0.587. The lowest BCUT2D eigenvalue weighted by molar-refractivity contribution is -0.374. The van der Waals surface area contributed by atoms with E-state index in [2.05, 4.69) is 23.8 Å². The summed E-state index contributed by atoms with van der Waals surface area (Å²) in [5.74, 6) is 1.58. The third kappa shape index (κ3) is 4.26. The Kier molecular flexibility index (Phi) is 6.62. The Bertz CT molecular complexity index is 1270. The minimum Gasteiger partial charge on any atom is -0.493 e. The van der Waals surface area contributed by atoms with Crippen molar-refractivity contribution in [2.45, 2.75) is 47.2 Å². The molecule has 0 radical (unpaired) electrons. The van der Waals surface area contributed by atoms with Crippen molar-refractivity contribution in [3.63, 3.8) is 0 Å². The number of nitrogens with one attached hydrogen (secondary N) is 2. The fourth-order valence-electron chi connectivity index (χ4n) is 3.51. The molecule has 0 unspecified atom stereocenters. The predicted molar refractivity (Wildman–Crippen MR) is 118 cm³/mol.